The zero-order valence-electron chi connectivity index (χ0n) is 19.5. The predicted octanol–water partition coefficient (Wildman–Crippen LogP) is 3.55. The molecule has 2 aromatic rings. The quantitative estimate of drug-likeness (QED) is 0.456. The highest BCUT2D eigenvalue weighted by molar-refractivity contribution is 6.42. The summed E-state index contributed by atoms with van der Waals surface area (Å²) in [5.74, 6) is -0.984. The molecule has 3 N–H and O–H groups in total. The molecular formula is C25H28Cl2N2O7. The van der Waals surface area contributed by atoms with E-state index in [1.165, 1.54) is 12.8 Å². The topological polar surface area (TPSA) is 132 Å². The van der Waals surface area contributed by atoms with Gasteiger partial charge in [0.05, 0.1) is 22.5 Å². The van der Waals surface area contributed by atoms with Gasteiger partial charge in [0, 0.05) is 37.2 Å². The second-order valence-electron chi connectivity index (χ2n) is 8.55. The molecule has 0 spiro atoms. The van der Waals surface area contributed by atoms with Crippen molar-refractivity contribution in [2.75, 3.05) is 26.2 Å². The number of carboxylic acid groups (broad SMARTS) is 2. The van der Waals surface area contributed by atoms with E-state index in [1.54, 1.807) is 12.1 Å². The van der Waals surface area contributed by atoms with Crippen LogP contribution < -0.4 is 0 Å². The first kappa shape index (κ1) is 27.7. The molecule has 1 fully saturated rings. The molecule has 1 aromatic carbocycles. The van der Waals surface area contributed by atoms with Gasteiger partial charge < -0.3 is 29.5 Å². The first-order valence-corrected chi connectivity index (χ1v) is 12.3. The van der Waals surface area contributed by atoms with Crippen LogP contribution in [0.2, 0.25) is 10.0 Å². The van der Waals surface area contributed by atoms with Crippen LogP contribution in [0.25, 0.3) is 0 Å². The normalized spacial score (nSPS) is 17.5. The number of aliphatic hydroxyl groups is 1. The Labute approximate surface area is 218 Å². The molecule has 194 valence electrons. The largest absolute Gasteiger partial charge is 0.478 e. The summed E-state index contributed by atoms with van der Waals surface area (Å²) < 4.78 is 5.79. The van der Waals surface area contributed by atoms with Crippen LogP contribution in [0.1, 0.15) is 41.5 Å². The summed E-state index contributed by atoms with van der Waals surface area (Å²) in [4.78, 5) is 36.7. The molecular weight excluding hydrogens is 511 g/mol. The molecule has 0 bridgehead atoms. The van der Waals surface area contributed by atoms with Gasteiger partial charge in [-0.25, -0.2) is 9.59 Å². The Hall–Kier alpha value is -2.85. The van der Waals surface area contributed by atoms with E-state index in [4.69, 9.17) is 37.8 Å². The summed E-state index contributed by atoms with van der Waals surface area (Å²) in [6.07, 6.45) is 4.46. The third kappa shape index (κ3) is 7.57. The van der Waals surface area contributed by atoms with Gasteiger partial charge in [-0.05, 0) is 49.7 Å². The third-order valence-electron chi connectivity index (χ3n) is 6.02. The van der Waals surface area contributed by atoms with E-state index in [0.717, 1.165) is 36.5 Å². The predicted molar refractivity (Wildman–Crippen MR) is 133 cm³/mol. The second-order valence-corrected chi connectivity index (χ2v) is 9.36. The Morgan fingerprint density at radius 1 is 1.00 bits per heavy atom. The van der Waals surface area contributed by atoms with E-state index in [-0.39, 0.29) is 25.0 Å². The van der Waals surface area contributed by atoms with E-state index in [0.29, 0.717) is 40.9 Å². The summed E-state index contributed by atoms with van der Waals surface area (Å²) in [5.41, 5.74) is 1.89. The van der Waals surface area contributed by atoms with Crippen LogP contribution in [-0.4, -0.2) is 69.1 Å². The Balaban J connectivity index is 0.000000392. The summed E-state index contributed by atoms with van der Waals surface area (Å²) in [6, 6.07) is 7.19. The molecule has 1 unspecified atom stereocenters. The number of rotatable bonds is 7. The van der Waals surface area contributed by atoms with Crippen molar-refractivity contribution in [3.05, 3.63) is 69.1 Å². The smallest absolute Gasteiger partial charge is 0.328 e. The van der Waals surface area contributed by atoms with Gasteiger partial charge in [0.15, 0.2) is 0 Å². The van der Waals surface area contributed by atoms with Crippen molar-refractivity contribution in [3.63, 3.8) is 0 Å². The molecule has 1 atom stereocenters. The number of carboxylic acids is 2. The van der Waals surface area contributed by atoms with Crippen LogP contribution in [-0.2, 0) is 33.8 Å². The summed E-state index contributed by atoms with van der Waals surface area (Å²) in [5, 5.41) is 26.0. The fraction of sp³-hybridized carbons (Fsp3) is 0.400. The van der Waals surface area contributed by atoms with E-state index < -0.39 is 11.9 Å². The van der Waals surface area contributed by atoms with Crippen molar-refractivity contribution in [2.24, 2.45) is 0 Å². The average molecular weight is 539 g/mol. The number of fused-ring (bicyclic) bond motifs is 1. The molecule has 0 saturated carbocycles. The molecule has 4 rings (SSSR count). The van der Waals surface area contributed by atoms with Crippen LogP contribution in [0.15, 0.2) is 40.8 Å². The highest BCUT2D eigenvalue weighted by atomic mass is 35.5. The first-order valence-electron chi connectivity index (χ1n) is 11.5. The maximum absolute atomic E-state index is 13.2. The number of halogens is 2. The van der Waals surface area contributed by atoms with E-state index in [1.807, 2.05) is 17.0 Å². The highest BCUT2D eigenvalue weighted by Gasteiger charge is 2.35. The van der Waals surface area contributed by atoms with E-state index in [2.05, 4.69) is 4.90 Å². The molecule has 36 heavy (non-hydrogen) atoms. The summed E-state index contributed by atoms with van der Waals surface area (Å²) in [7, 11) is 0. The number of hydrogen-bond acceptors (Lipinski definition) is 6. The third-order valence-corrected chi connectivity index (χ3v) is 6.76. The van der Waals surface area contributed by atoms with Crippen molar-refractivity contribution >= 4 is 41.0 Å². The lowest BCUT2D eigenvalue weighted by Gasteiger charge is -2.37. The SMILES string of the molecule is O=C(Cc1ccc(Cl)c(Cl)c1)N1CCc2oc(CO)cc2C1CN1CCCC1.O=C(O)C=CC(=O)O. The van der Waals surface area contributed by atoms with Gasteiger partial charge in [0.2, 0.25) is 5.91 Å². The highest BCUT2D eigenvalue weighted by Crippen LogP contribution is 2.34. The van der Waals surface area contributed by atoms with Gasteiger partial charge in [0.25, 0.3) is 0 Å². The van der Waals surface area contributed by atoms with E-state index >= 15 is 0 Å². The van der Waals surface area contributed by atoms with Crippen LogP contribution in [0.3, 0.4) is 0 Å². The fourth-order valence-corrected chi connectivity index (χ4v) is 4.70. The van der Waals surface area contributed by atoms with Crippen molar-refractivity contribution in [1.29, 1.82) is 0 Å². The molecule has 1 saturated heterocycles. The van der Waals surface area contributed by atoms with Gasteiger partial charge in [0.1, 0.15) is 18.1 Å². The molecule has 0 aliphatic carbocycles. The number of likely N-dealkylation sites (tertiary alicyclic amines) is 1. The molecule has 9 nitrogen and oxygen atoms in total. The second kappa shape index (κ2) is 12.9. The Morgan fingerprint density at radius 3 is 2.25 bits per heavy atom. The lowest BCUT2D eigenvalue weighted by Crippen LogP contribution is -2.45. The lowest BCUT2D eigenvalue weighted by atomic mass is 9.97. The molecule has 0 radical (unpaired) electrons. The number of hydrogen-bond donors (Lipinski definition) is 3. The number of furan rings is 1. The van der Waals surface area contributed by atoms with Gasteiger partial charge in [-0.1, -0.05) is 29.3 Å². The first-order chi connectivity index (χ1) is 17.2. The summed E-state index contributed by atoms with van der Waals surface area (Å²) in [6.45, 7) is 3.41. The summed E-state index contributed by atoms with van der Waals surface area (Å²) >= 11 is 12.1. The van der Waals surface area contributed by atoms with Gasteiger partial charge in [-0.3, -0.25) is 4.79 Å². The minimum Gasteiger partial charge on any atom is -0.478 e. The maximum atomic E-state index is 13.2. The number of aliphatic hydroxyl groups excluding tert-OH is 1. The molecule has 2 aliphatic rings. The van der Waals surface area contributed by atoms with Crippen LogP contribution >= 0.6 is 23.2 Å². The van der Waals surface area contributed by atoms with Crippen molar-refractivity contribution in [1.82, 2.24) is 9.80 Å². The van der Waals surface area contributed by atoms with E-state index in [9.17, 15) is 19.5 Å². The number of carbonyl (C=O) groups excluding carboxylic acids is 1. The number of aliphatic carboxylic acids is 2. The van der Waals surface area contributed by atoms with Crippen molar-refractivity contribution < 1.29 is 34.1 Å². The zero-order chi connectivity index (χ0) is 26.2. The minimum atomic E-state index is -1.26. The molecule has 1 aromatic heterocycles. The standard InChI is InChI=1S/C21H24Cl2N2O3.C4H4O4/c22-17-4-3-14(9-18(17)23)10-21(27)25-8-5-20-16(11-15(13-26)28-20)19(25)12-24-6-1-2-7-24;5-3(6)1-2-4(7)8/h3-4,9,11,19,26H,1-2,5-8,10,12-13H2;1-2H,(H,5,6)(H,7,8). The number of carbonyl (C=O) groups is 3. The molecule has 11 heteroatoms. The molecule has 3 heterocycles. The maximum Gasteiger partial charge on any atom is 0.328 e. The minimum absolute atomic E-state index is 0.0545. The van der Waals surface area contributed by atoms with Crippen molar-refractivity contribution in [2.45, 2.75) is 38.3 Å². The van der Waals surface area contributed by atoms with Crippen molar-refractivity contribution in [3.8, 4) is 0 Å². The zero-order valence-corrected chi connectivity index (χ0v) is 21.0. The number of nitrogens with zero attached hydrogens (tertiary/aromatic N) is 2. The molecule has 1 amide bonds. The Bertz CT molecular complexity index is 1110. The van der Waals surface area contributed by atoms with Gasteiger partial charge in [-0.2, -0.15) is 0 Å². The van der Waals surface area contributed by atoms with Crippen LogP contribution in [0.5, 0.6) is 0 Å². The Morgan fingerprint density at radius 2 is 1.67 bits per heavy atom. The number of amides is 1. The average Bonchev–Trinajstić information content (AvgIpc) is 3.50. The van der Waals surface area contributed by atoms with Crippen LogP contribution in [0, 0.1) is 0 Å². The Kier molecular flexibility index (Phi) is 9.95. The molecule has 2 aliphatic heterocycles. The van der Waals surface area contributed by atoms with Gasteiger partial charge in [-0.15, -0.1) is 0 Å². The van der Waals surface area contributed by atoms with Crippen LogP contribution in [0.4, 0.5) is 0 Å². The number of benzene rings is 1. The lowest BCUT2D eigenvalue weighted by molar-refractivity contribution is -0.134. The van der Waals surface area contributed by atoms with Gasteiger partial charge >= 0.3 is 11.9 Å². The monoisotopic (exact) mass is 538 g/mol. The fourth-order valence-electron chi connectivity index (χ4n) is 4.38.